The van der Waals surface area contributed by atoms with Crippen molar-refractivity contribution in [2.24, 2.45) is 0 Å². The number of aromatic carboxylic acids is 1. The average molecular weight is 331 g/mol. The molecule has 0 radical (unpaired) electrons. The van der Waals surface area contributed by atoms with E-state index >= 15 is 0 Å². The van der Waals surface area contributed by atoms with Crippen LogP contribution in [0.4, 0.5) is 0 Å². The van der Waals surface area contributed by atoms with Gasteiger partial charge in [-0.3, -0.25) is 0 Å². The molecule has 2 aromatic rings. The van der Waals surface area contributed by atoms with Crippen molar-refractivity contribution in [3.05, 3.63) is 40.6 Å². The maximum atomic E-state index is 12.2. The van der Waals surface area contributed by atoms with Gasteiger partial charge < -0.3 is 9.52 Å². The van der Waals surface area contributed by atoms with Gasteiger partial charge in [0.25, 0.3) is 0 Å². The Morgan fingerprint density at radius 1 is 1.33 bits per heavy atom. The van der Waals surface area contributed by atoms with Crippen LogP contribution in [0.15, 0.2) is 27.5 Å². The van der Waals surface area contributed by atoms with Crippen LogP contribution in [-0.2, 0) is 22.0 Å². The van der Waals surface area contributed by atoms with Crippen LogP contribution in [0.3, 0.4) is 0 Å². The van der Waals surface area contributed by atoms with Crippen LogP contribution in [0.25, 0.3) is 0 Å². The van der Waals surface area contributed by atoms with E-state index in [1.807, 2.05) is 0 Å². The first kappa shape index (κ1) is 15.5. The van der Waals surface area contributed by atoms with E-state index in [2.05, 4.69) is 10.2 Å². The topological polar surface area (TPSA) is 110 Å². The Balaban J connectivity index is 2.31. The van der Waals surface area contributed by atoms with Crippen molar-refractivity contribution in [2.45, 2.75) is 24.0 Å². The Kier molecular flexibility index (Phi) is 4.29. The predicted octanol–water partition coefficient (Wildman–Crippen LogP) is 1.96. The minimum absolute atomic E-state index is 0.0229. The molecule has 2 rings (SSSR count). The summed E-state index contributed by atoms with van der Waals surface area (Å²) in [6, 6.07) is 3.42. The molecule has 0 saturated heterocycles. The number of nitrogens with zero attached hydrogens (tertiary/aromatic N) is 2. The number of hydrogen-bond donors (Lipinski definition) is 1. The summed E-state index contributed by atoms with van der Waals surface area (Å²) in [6.07, 6.45) is 0.506. The molecular formula is C12H11ClN2O5S. The fraction of sp³-hybridized carbons (Fsp3) is 0.250. The Morgan fingerprint density at radius 3 is 2.52 bits per heavy atom. The molecular weight excluding hydrogens is 320 g/mol. The SMILES string of the molecule is CCc1nnc(CS(=O)(=O)c2ccc(C(=O)O)c(Cl)c2)o1. The second-order valence-corrected chi connectivity index (χ2v) is 6.55. The van der Waals surface area contributed by atoms with Gasteiger partial charge in [0.1, 0.15) is 5.75 Å². The highest BCUT2D eigenvalue weighted by Gasteiger charge is 2.21. The third-order valence-electron chi connectivity index (χ3n) is 2.65. The zero-order valence-corrected chi connectivity index (χ0v) is 12.5. The molecule has 0 atom stereocenters. The molecule has 21 heavy (non-hydrogen) atoms. The minimum Gasteiger partial charge on any atom is -0.478 e. The number of carboxylic acids is 1. The van der Waals surface area contributed by atoms with Crippen LogP contribution in [0, 0.1) is 0 Å². The van der Waals surface area contributed by atoms with Gasteiger partial charge in [0, 0.05) is 6.42 Å². The second-order valence-electron chi connectivity index (χ2n) is 4.15. The van der Waals surface area contributed by atoms with Gasteiger partial charge in [0.2, 0.25) is 11.8 Å². The first-order chi connectivity index (χ1) is 9.83. The molecule has 1 aromatic carbocycles. The number of hydrogen-bond acceptors (Lipinski definition) is 6. The molecule has 0 aliphatic rings. The number of carboxylic acid groups (broad SMARTS) is 1. The van der Waals surface area contributed by atoms with Crippen molar-refractivity contribution in [2.75, 3.05) is 0 Å². The summed E-state index contributed by atoms with van der Waals surface area (Å²) < 4.78 is 29.6. The average Bonchev–Trinajstić information content (AvgIpc) is 2.85. The maximum absolute atomic E-state index is 12.2. The minimum atomic E-state index is -3.75. The Hall–Kier alpha value is -1.93. The van der Waals surface area contributed by atoms with E-state index in [1.165, 1.54) is 6.07 Å². The highest BCUT2D eigenvalue weighted by Crippen LogP contribution is 2.23. The smallest absolute Gasteiger partial charge is 0.337 e. The van der Waals surface area contributed by atoms with E-state index in [9.17, 15) is 13.2 Å². The van der Waals surface area contributed by atoms with Gasteiger partial charge in [-0.15, -0.1) is 10.2 Å². The molecule has 112 valence electrons. The molecule has 0 saturated carbocycles. The van der Waals surface area contributed by atoms with Gasteiger partial charge in [0.05, 0.1) is 15.5 Å². The molecule has 0 aliphatic heterocycles. The van der Waals surface area contributed by atoms with Gasteiger partial charge in [0.15, 0.2) is 9.84 Å². The highest BCUT2D eigenvalue weighted by molar-refractivity contribution is 7.90. The van der Waals surface area contributed by atoms with Crippen molar-refractivity contribution < 1.29 is 22.7 Å². The monoisotopic (exact) mass is 330 g/mol. The fourth-order valence-corrected chi connectivity index (χ4v) is 3.11. The predicted molar refractivity (Wildman–Crippen MR) is 73.0 cm³/mol. The van der Waals surface area contributed by atoms with Crippen LogP contribution < -0.4 is 0 Å². The largest absolute Gasteiger partial charge is 0.478 e. The highest BCUT2D eigenvalue weighted by atomic mass is 35.5. The summed E-state index contributed by atoms with van der Waals surface area (Å²) in [6.45, 7) is 1.80. The second kappa shape index (κ2) is 5.82. The van der Waals surface area contributed by atoms with Gasteiger partial charge in [-0.25, -0.2) is 13.2 Å². The third-order valence-corrected chi connectivity index (χ3v) is 4.57. The van der Waals surface area contributed by atoms with Crippen LogP contribution >= 0.6 is 11.6 Å². The lowest BCUT2D eigenvalue weighted by Crippen LogP contribution is -2.07. The molecule has 0 spiro atoms. The number of aryl methyl sites for hydroxylation is 1. The summed E-state index contributed by atoms with van der Waals surface area (Å²) in [5.74, 6) is -1.37. The molecule has 1 N–H and O–H groups in total. The van der Waals surface area contributed by atoms with Crippen LogP contribution in [-0.4, -0.2) is 29.7 Å². The number of benzene rings is 1. The zero-order chi connectivity index (χ0) is 15.6. The van der Waals surface area contributed by atoms with Crippen LogP contribution in [0.1, 0.15) is 29.1 Å². The van der Waals surface area contributed by atoms with Gasteiger partial charge in [-0.2, -0.15) is 0 Å². The molecule has 7 nitrogen and oxygen atoms in total. The fourth-order valence-electron chi connectivity index (χ4n) is 1.60. The van der Waals surface area contributed by atoms with E-state index in [0.717, 1.165) is 12.1 Å². The van der Waals surface area contributed by atoms with Crippen LogP contribution in [0.5, 0.6) is 0 Å². The number of sulfone groups is 1. The van der Waals surface area contributed by atoms with Crippen molar-refractivity contribution in [3.63, 3.8) is 0 Å². The van der Waals surface area contributed by atoms with Crippen molar-refractivity contribution in [1.82, 2.24) is 10.2 Å². The molecule has 0 fully saturated rings. The third kappa shape index (κ3) is 3.40. The Morgan fingerprint density at radius 2 is 2.00 bits per heavy atom. The van der Waals surface area contributed by atoms with E-state index in [0.29, 0.717) is 12.3 Å². The number of rotatable bonds is 5. The lowest BCUT2D eigenvalue weighted by Gasteiger charge is -2.04. The molecule has 0 bridgehead atoms. The number of halogens is 1. The molecule has 1 aromatic heterocycles. The zero-order valence-electron chi connectivity index (χ0n) is 10.9. The Bertz CT molecular complexity index is 785. The summed E-state index contributed by atoms with van der Waals surface area (Å²) in [4.78, 5) is 10.7. The van der Waals surface area contributed by atoms with Crippen molar-refractivity contribution in [1.29, 1.82) is 0 Å². The normalized spacial score (nSPS) is 11.5. The lowest BCUT2D eigenvalue weighted by atomic mass is 10.2. The van der Waals surface area contributed by atoms with Gasteiger partial charge in [-0.05, 0) is 18.2 Å². The molecule has 0 unspecified atom stereocenters. The summed E-state index contributed by atoms with van der Waals surface area (Å²) in [5, 5.41) is 16.0. The number of aromatic nitrogens is 2. The standard InChI is InChI=1S/C12H11ClN2O5S/c1-2-10-14-15-11(20-10)6-21(18,19)7-3-4-8(12(16)17)9(13)5-7/h3-5H,2,6H2,1H3,(H,16,17). The Labute approximate surface area is 125 Å². The van der Waals surface area contributed by atoms with E-state index in [4.69, 9.17) is 21.1 Å². The first-order valence-electron chi connectivity index (χ1n) is 5.90. The van der Waals surface area contributed by atoms with Gasteiger partial charge >= 0.3 is 5.97 Å². The molecule has 1 heterocycles. The number of carbonyl (C=O) groups is 1. The summed E-state index contributed by atoms with van der Waals surface area (Å²) >= 11 is 5.76. The summed E-state index contributed by atoms with van der Waals surface area (Å²) in [7, 11) is -3.75. The van der Waals surface area contributed by atoms with Crippen molar-refractivity contribution >= 4 is 27.4 Å². The van der Waals surface area contributed by atoms with E-state index in [1.54, 1.807) is 6.92 Å². The molecule has 0 aliphatic carbocycles. The molecule has 9 heteroatoms. The van der Waals surface area contributed by atoms with E-state index < -0.39 is 21.6 Å². The van der Waals surface area contributed by atoms with Gasteiger partial charge in [-0.1, -0.05) is 18.5 Å². The van der Waals surface area contributed by atoms with Crippen LogP contribution in [0.2, 0.25) is 5.02 Å². The van der Waals surface area contributed by atoms with Crippen molar-refractivity contribution in [3.8, 4) is 0 Å². The maximum Gasteiger partial charge on any atom is 0.337 e. The molecule has 0 amide bonds. The van der Waals surface area contributed by atoms with E-state index in [-0.39, 0.29) is 21.4 Å². The first-order valence-corrected chi connectivity index (χ1v) is 7.93. The lowest BCUT2D eigenvalue weighted by molar-refractivity contribution is 0.0697. The summed E-state index contributed by atoms with van der Waals surface area (Å²) in [5.41, 5.74) is -0.165. The quantitative estimate of drug-likeness (QED) is 0.891.